The number of hydrogen-bond acceptors (Lipinski definition) is 6. The van der Waals surface area contributed by atoms with E-state index < -0.39 is 0 Å². The summed E-state index contributed by atoms with van der Waals surface area (Å²) < 4.78 is 0. The summed E-state index contributed by atoms with van der Waals surface area (Å²) in [4.78, 5) is 32.1. The van der Waals surface area contributed by atoms with E-state index in [-0.39, 0.29) is 12.5 Å². The second-order valence-corrected chi connectivity index (χ2v) is 10.8. The van der Waals surface area contributed by atoms with Crippen LogP contribution in [0.15, 0.2) is 42.6 Å². The third-order valence-electron chi connectivity index (χ3n) is 7.75. The van der Waals surface area contributed by atoms with Crippen molar-refractivity contribution >= 4 is 39.9 Å². The summed E-state index contributed by atoms with van der Waals surface area (Å²) in [7, 11) is 0. The topological polar surface area (TPSA) is 94.4 Å². The van der Waals surface area contributed by atoms with Crippen LogP contribution in [0.4, 0.5) is 11.5 Å². The minimum absolute atomic E-state index is 0.289. The molecule has 0 saturated carbocycles. The van der Waals surface area contributed by atoms with Crippen LogP contribution in [0, 0.1) is 26.7 Å². The summed E-state index contributed by atoms with van der Waals surface area (Å²) in [5.74, 6) is 1.46. The van der Waals surface area contributed by atoms with E-state index in [1.165, 1.54) is 16.7 Å². The van der Waals surface area contributed by atoms with E-state index in [0.29, 0.717) is 0 Å². The first-order chi connectivity index (χ1) is 19.4. The maximum atomic E-state index is 11.5. The largest absolute Gasteiger partial charge is 0.369 e. The van der Waals surface area contributed by atoms with Crippen LogP contribution < -0.4 is 15.5 Å². The molecule has 0 radical (unpaired) electrons. The average molecular weight is 556 g/mol. The molecule has 40 heavy (non-hydrogen) atoms. The van der Waals surface area contributed by atoms with Crippen molar-refractivity contribution in [3.8, 4) is 24.2 Å². The average Bonchev–Trinajstić information content (AvgIpc) is 3.35. The molecule has 6 rings (SSSR count). The number of terminal acetylenes is 1. The SMILES string of the molecule is C#C.Cc1ccc(Cl)cc1N1CCc2nc(-c3cccc4[nH]cc(C)c34)nc(N3CCN(CC(N)=O)CC3)c2C1. The molecule has 0 spiro atoms. The molecule has 0 aliphatic carbocycles. The smallest absolute Gasteiger partial charge is 0.231 e. The fourth-order valence-electron chi connectivity index (χ4n) is 5.79. The van der Waals surface area contributed by atoms with Crippen LogP contribution in [0.1, 0.15) is 22.4 Å². The first-order valence-electron chi connectivity index (χ1n) is 13.4. The van der Waals surface area contributed by atoms with Crippen molar-refractivity contribution in [1.29, 1.82) is 0 Å². The van der Waals surface area contributed by atoms with E-state index in [1.54, 1.807) is 0 Å². The highest BCUT2D eigenvalue weighted by atomic mass is 35.5. The van der Waals surface area contributed by atoms with Crippen molar-refractivity contribution in [2.45, 2.75) is 26.8 Å². The molecule has 9 heteroatoms. The summed E-state index contributed by atoms with van der Waals surface area (Å²) in [6.07, 6.45) is 10.9. The van der Waals surface area contributed by atoms with Gasteiger partial charge in [-0.05, 0) is 43.2 Å². The van der Waals surface area contributed by atoms with Crippen molar-refractivity contribution in [2.24, 2.45) is 5.73 Å². The molecule has 1 saturated heterocycles. The van der Waals surface area contributed by atoms with E-state index in [4.69, 9.17) is 27.3 Å². The third kappa shape index (κ3) is 5.35. The van der Waals surface area contributed by atoms with Gasteiger partial charge in [0.05, 0.1) is 12.2 Å². The fourth-order valence-corrected chi connectivity index (χ4v) is 5.95. The van der Waals surface area contributed by atoms with Crippen molar-refractivity contribution in [3.05, 3.63) is 70.0 Å². The molecule has 8 nitrogen and oxygen atoms in total. The van der Waals surface area contributed by atoms with Gasteiger partial charge in [-0.3, -0.25) is 9.69 Å². The zero-order valence-electron chi connectivity index (χ0n) is 23.0. The highest BCUT2D eigenvalue weighted by Crippen LogP contribution is 2.36. The van der Waals surface area contributed by atoms with Gasteiger partial charge in [-0.1, -0.05) is 29.8 Å². The number of carbonyl (C=O) groups is 1. The number of anilines is 2. The molecule has 2 aromatic heterocycles. The number of hydrogen-bond donors (Lipinski definition) is 2. The molecule has 3 N–H and O–H groups in total. The number of H-pyrrole nitrogens is 1. The number of nitrogens with two attached hydrogens (primary N) is 1. The van der Waals surface area contributed by atoms with Crippen molar-refractivity contribution < 1.29 is 4.79 Å². The van der Waals surface area contributed by atoms with Crippen molar-refractivity contribution in [1.82, 2.24) is 19.9 Å². The van der Waals surface area contributed by atoms with Crippen molar-refractivity contribution in [3.63, 3.8) is 0 Å². The Balaban J connectivity index is 0.00000158. The molecule has 206 valence electrons. The Morgan fingerprint density at radius 2 is 1.80 bits per heavy atom. The molecule has 0 unspecified atom stereocenters. The van der Waals surface area contributed by atoms with Gasteiger partial charge < -0.3 is 20.5 Å². The van der Waals surface area contributed by atoms with Gasteiger partial charge >= 0.3 is 0 Å². The molecule has 2 aliphatic rings. The molecular weight excluding hydrogens is 522 g/mol. The van der Waals surface area contributed by atoms with Crippen LogP contribution in [0.25, 0.3) is 22.3 Å². The predicted molar refractivity (Wildman–Crippen MR) is 163 cm³/mol. The van der Waals surface area contributed by atoms with Crippen LogP contribution in [0.3, 0.4) is 0 Å². The van der Waals surface area contributed by atoms with E-state index >= 15 is 0 Å². The number of aromatic amines is 1. The molecule has 0 bridgehead atoms. The summed E-state index contributed by atoms with van der Waals surface area (Å²) in [5, 5.41) is 1.90. The van der Waals surface area contributed by atoms with E-state index in [1.807, 2.05) is 12.3 Å². The molecule has 0 atom stereocenters. The number of nitrogens with one attached hydrogen (secondary N) is 1. The second kappa shape index (κ2) is 11.6. The number of nitrogens with zero attached hydrogens (tertiary/aromatic N) is 5. The van der Waals surface area contributed by atoms with E-state index in [9.17, 15) is 4.79 Å². The van der Waals surface area contributed by atoms with Gasteiger partial charge in [0.2, 0.25) is 5.91 Å². The number of amides is 1. The molecule has 4 aromatic rings. The van der Waals surface area contributed by atoms with Crippen LogP contribution in [0.5, 0.6) is 0 Å². The lowest BCUT2D eigenvalue weighted by atomic mass is 10.0. The van der Waals surface area contributed by atoms with Crippen LogP contribution in [0.2, 0.25) is 5.02 Å². The fraction of sp³-hybridized carbons (Fsp3) is 0.323. The molecule has 4 heterocycles. The number of carbonyl (C=O) groups excluding carboxylic acids is 1. The Morgan fingerprint density at radius 1 is 1.02 bits per heavy atom. The van der Waals surface area contributed by atoms with E-state index in [2.05, 4.69) is 76.7 Å². The zero-order valence-corrected chi connectivity index (χ0v) is 23.7. The van der Waals surface area contributed by atoms with Crippen LogP contribution in [-0.2, 0) is 17.8 Å². The highest BCUT2D eigenvalue weighted by molar-refractivity contribution is 6.30. The maximum Gasteiger partial charge on any atom is 0.231 e. The summed E-state index contributed by atoms with van der Waals surface area (Å²) in [6.45, 7) is 9.20. The Morgan fingerprint density at radius 3 is 2.55 bits per heavy atom. The monoisotopic (exact) mass is 555 g/mol. The Labute approximate surface area is 240 Å². The van der Waals surface area contributed by atoms with Gasteiger partial charge in [0.25, 0.3) is 0 Å². The number of halogens is 1. The van der Waals surface area contributed by atoms with Gasteiger partial charge in [-0.15, -0.1) is 12.8 Å². The van der Waals surface area contributed by atoms with Gasteiger partial charge in [0, 0.05) is 84.6 Å². The Kier molecular flexibility index (Phi) is 7.97. The van der Waals surface area contributed by atoms with Crippen LogP contribution >= 0.6 is 11.6 Å². The number of piperazine rings is 1. The van der Waals surface area contributed by atoms with Gasteiger partial charge in [-0.2, -0.15) is 0 Å². The molecule has 2 aromatic carbocycles. The molecular formula is C31H34ClN7O. The summed E-state index contributed by atoms with van der Waals surface area (Å²) in [6, 6.07) is 12.3. The van der Waals surface area contributed by atoms with Crippen LogP contribution in [-0.4, -0.2) is 65.0 Å². The molecule has 1 amide bonds. The minimum Gasteiger partial charge on any atom is -0.369 e. The summed E-state index contributed by atoms with van der Waals surface area (Å²) >= 11 is 6.38. The minimum atomic E-state index is -0.289. The first-order valence-corrected chi connectivity index (χ1v) is 13.8. The zero-order chi connectivity index (χ0) is 28.4. The normalized spacial score (nSPS) is 15.4. The predicted octanol–water partition coefficient (Wildman–Crippen LogP) is 4.31. The first kappa shape index (κ1) is 27.5. The van der Waals surface area contributed by atoms with Crippen molar-refractivity contribution in [2.75, 3.05) is 49.1 Å². The number of fused-ring (bicyclic) bond motifs is 2. The number of benzene rings is 2. The highest BCUT2D eigenvalue weighted by Gasteiger charge is 2.29. The Hall–Kier alpha value is -4.06. The second-order valence-electron chi connectivity index (χ2n) is 10.3. The maximum absolute atomic E-state index is 11.5. The molecule has 2 aliphatic heterocycles. The van der Waals surface area contributed by atoms with Gasteiger partial charge in [0.15, 0.2) is 5.82 Å². The number of aryl methyl sites for hydroxylation is 2. The number of aromatic nitrogens is 3. The quantitative estimate of drug-likeness (QED) is 0.356. The lowest BCUT2D eigenvalue weighted by molar-refractivity contribution is -0.119. The lowest BCUT2D eigenvalue weighted by Gasteiger charge is -2.38. The summed E-state index contributed by atoms with van der Waals surface area (Å²) in [5.41, 5.74) is 13.4. The number of primary amides is 1. The Bertz CT molecular complexity index is 1570. The van der Waals surface area contributed by atoms with Gasteiger partial charge in [0.1, 0.15) is 5.82 Å². The number of rotatable bonds is 5. The van der Waals surface area contributed by atoms with E-state index in [0.717, 1.165) is 90.2 Å². The third-order valence-corrected chi connectivity index (χ3v) is 7.98. The standard InChI is InChI=1S/C29H32ClN7O.C2H2/c1-18-6-7-20(30)14-25(18)37-9-8-23-22(16-37)29(36-12-10-35(11-13-36)17-26(31)38)34-28(33-23)21-4-3-5-24-27(21)19(2)15-32-24;1-2/h3-7,14-15,32H,8-13,16-17H2,1-2H3,(H2,31,38);1-2H. The molecule has 1 fully saturated rings. The van der Waals surface area contributed by atoms with Gasteiger partial charge in [-0.25, -0.2) is 9.97 Å². The lowest BCUT2D eigenvalue weighted by Crippen LogP contribution is -2.49.